The fourth-order valence-electron chi connectivity index (χ4n) is 3.87. The fraction of sp³-hybridized carbons (Fsp3) is 0.440. The number of H-pyrrole nitrogens is 1. The Kier molecular flexibility index (Phi) is 8.20. The van der Waals surface area contributed by atoms with Gasteiger partial charge in [-0.1, -0.05) is 36.4 Å². The van der Waals surface area contributed by atoms with Gasteiger partial charge in [0.2, 0.25) is 0 Å². The Labute approximate surface area is 186 Å². The molecule has 0 amide bonds. The molecule has 2 aromatic rings. The summed E-state index contributed by atoms with van der Waals surface area (Å²) < 4.78 is 0. The molecule has 1 aliphatic heterocycles. The first-order chi connectivity index (χ1) is 15.0. The summed E-state index contributed by atoms with van der Waals surface area (Å²) in [4.78, 5) is 6.59. The lowest BCUT2D eigenvalue weighted by molar-refractivity contribution is 0.408. The maximum Gasteiger partial charge on any atom is 0.118 e. The molecule has 1 saturated heterocycles. The predicted octanol–water partition coefficient (Wildman–Crippen LogP) is 3.95. The number of piperidine rings is 1. The van der Waals surface area contributed by atoms with E-state index in [9.17, 15) is 0 Å². The number of aromatic nitrogens is 2. The smallest absolute Gasteiger partial charge is 0.118 e. The van der Waals surface area contributed by atoms with Crippen LogP contribution < -0.4 is 10.6 Å². The lowest BCUT2D eigenvalue weighted by Crippen LogP contribution is -2.27. The van der Waals surface area contributed by atoms with Crippen LogP contribution in [0.25, 0.3) is 16.8 Å². The predicted molar refractivity (Wildman–Crippen MR) is 131 cm³/mol. The van der Waals surface area contributed by atoms with Gasteiger partial charge < -0.3 is 15.5 Å². The number of hydrogen-bond acceptors (Lipinski definition) is 5. The zero-order valence-corrected chi connectivity index (χ0v) is 19.3. The molecule has 1 aliphatic rings. The second-order valence-corrected chi connectivity index (χ2v) is 8.56. The molecule has 6 nitrogen and oxygen atoms in total. The van der Waals surface area contributed by atoms with Gasteiger partial charge in [-0.15, -0.1) is 0 Å². The highest BCUT2D eigenvalue weighted by Crippen LogP contribution is 2.36. The van der Waals surface area contributed by atoms with Crippen molar-refractivity contribution < 1.29 is 0 Å². The minimum atomic E-state index is 0.492. The summed E-state index contributed by atoms with van der Waals surface area (Å²) in [6.45, 7) is 12.1. The number of aryl methyl sites for hydroxylation is 1. The van der Waals surface area contributed by atoms with Gasteiger partial charge in [0.15, 0.2) is 0 Å². The third kappa shape index (κ3) is 6.39. The zero-order valence-electron chi connectivity index (χ0n) is 19.3. The topological polar surface area (TPSA) is 68.3 Å². The first-order valence-electron chi connectivity index (χ1n) is 11.1. The molecule has 2 heterocycles. The molecule has 0 spiro atoms. The van der Waals surface area contributed by atoms with Crippen LogP contribution in [0.4, 0.5) is 0 Å². The van der Waals surface area contributed by atoms with Gasteiger partial charge in [-0.05, 0) is 65.5 Å². The van der Waals surface area contributed by atoms with Crippen LogP contribution in [0.15, 0.2) is 47.7 Å². The van der Waals surface area contributed by atoms with E-state index in [1.165, 1.54) is 16.8 Å². The Balaban J connectivity index is 1.84. The van der Waals surface area contributed by atoms with E-state index in [0.29, 0.717) is 11.7 Å². The Morgan fingerprint density at radius 2 is 1.97 bits per heavy atom. The van der Waals surface area contributed by atoms with E-state index in [2.05, 4.69) is 90.5 Å². The fourth-order valence-corrected chi connectivity index (χ4v) is 3.87. The normalized spacial score (nSPS) is 15.7. The average molecular weight is 421 g/mol. The van der Waals surface area contributed by atoms with E-state index < -0.39 is 0 Å². The Bertz CT molecular complexity index is 914. The van der Waals surface area contributed by atoms with Gasteiger partial charge in [0.25, 0.3) is 0 Å². The van der Waals surface area contributed by atoms with E-state index in [1.807, 2.05) is 6.21 Å². The molecule has 3 rings (SSSR count). The molecule has 3 N–H and O–H groups in total. The SMILES string of the molecule is C=C(/N=C\C=C(/C)c1c(-c2ccc(C)cc2)n[nH]c1C1CCNCC1)NCCN(C)C. The minimum absolute atomic E-state index is 0.492. The monoisotopic (exact) mass is 420 g/mol. The Morgan fingerprint density at radius 1 is 1.26 bits per heavy atom. The molecule has 166 valence electrons. The van der Waals surface area contributed by atoms with Crippen LogP contribution in [-0.2, 0) is 0 Å². The molecular formula is C25H36N6. The van der Waals surface area contributed by atoms with E-state index in [0.717, 1.165) is 55.9 Å². The van der Waals surface area contributed by atoms with Crippen molar-refractivity contribution in [3.8, 4) is 11.3 Å². The summed E-state index contributed by atoms with van der Waals surface area (Å²) in [5.74, 6) is 1.17. The highest BCUT2D eigenvalue weighted by Gasteiger charge is 2.24. The lowest BCUT2D eigenvalue weighted by atomic mass is 9.88. The number of allylic oxidation sites excluding steroid dienone is 2. The van der Waals surface area contributed by atoms with Gasteiger partial charge in [0, 0.05) is 42.0 Å². The van der Waals surface area contributed by atoms with E-state index >= 15 is 0 Å². The van der Waals surface area contributed by atoms with E-state index in [-0.39, 0.29) is 0 Å². The molecule has 0 saturated carbocycles. The van der Waals surface area contributed by atoms with Crippen molar-refractivity contribution in [1.29, 1.82) is 0 Å². The number of benzene rings is 1. The quantitative estimate of drug-likeness (QED) is 0.538. The highest BCUT2D eigenvalue weighted by atomic mass is 15.1. The average Bonchev–Trinajstić information content (AvgIpc) is 3.20. The summed E-state index contributed by atoms with van der Waals surface area (Å²) in [6.07, 6.45) is 6.14. The molecule has 31 heavy (non-hydrogen) atoms. The number of nitrogens with zero attached hydrogens (tertiary/aromatic N) is 3. The number of aromatic amines is 1. The van der Waals surface area contributed by atoms with Crippen molar-refractivity contribution in [2.24, 2.45) is 4.99 Å². The van der Waals surface area contributed by atoms with Crippen molar-refractivity contribution in [3.05, 3.63) is 59.6 Å². The first-order valence-corrected chi connectivity index (χ1v) is 11.1. The van der Waals surface area contributed by atoms with Crippen LogP contribution in [0, 0.1) is 6.92 Å². The molecule has 1 aromatic heterocycles. The second-order valence-electron chi connectivity index (χ2n) is 8.56. The highest BCUT2D eigenvalue weighted by molar-refractivity contribution is 5.89. The standard InChI is InChI=1S/C25H36N6/c1-18-6-8-21(9-7-18)24-23(25(30-29-24)22-11-13-26-14-12-22)19(2)10-15-27-20(3)28-16-17-31(4)5/h6-10,15,22,26,28H,3,11-14,16-17H2,1-2,4-5H3,(H,29,30)/b19-10+,27-15-. The van der Waals surface area contributed by atoms with Crippen molar-refractivity contribution in [2.45, 2.75) is 32.6 Å². The van der Waals surface area contributed by atoms with Crippen molar-refractivity contribution >= 4 is 11.8 Å². The van der Waals surface area contributed by atoms with Gasteiger partial charge >= 0.3 is 0 Å². The lowest BCUT2D eigenvalue weighted by Gasteiger charge is -2.23. The van der Waals surface area contributed by atoms with E-state index in [4.69, 9.17) is 5.10 Å². The van der Waals surface area contributed by atoms with Crippen molar-refractivity contribution in [3.63, 3.8) is 0 Å². The second kappa shape index (κ2) is 11.1. The number of aliphatic imine (C=N–C) groups is 1. The summed E-state index contributed by atoms with van der Waals surface area (Å²) in [5.41, 5.74) is 6.99. The van der Waals surface area contributed by atoms with Gasteiger partial charge in [-0.2, -0.15) is 5.10 Å². The maximum atomic E-state index is 4.75. The van der Waals surface area contributed by atoms with Crippen LogP contribution in [0.5, 0.6) is 0 Å². The number of hydrogen-bond donors (Lipinski definition) is 3. The molecule has 0 radical (unpaired) electrons. The van der Waals surface area contributed by atoms with Gasteiger partial charge in [-0.25, -0.2) is 4.99 Å². The minimum Gasteiger partial charge on any atom is -0.369 e. The summed E-state index contributed by atoms with van der Waals surface area (Å²) >= 11 is 0. The molecule has 1 aromatic carbocycles. The Morgan fingerprint density at radius 3 is 2.65 bits per heavy atom. The zero-order chi connectivity index (χ0) is 22.2. The molecule has 0 aliphatic carbocycles. The van der Waals surface area contributed by atoms with Crippen LogP contribution in [0.3, 0.4) is 0 Å². The molecule has 6 heteroatoms. The molecular weight excluding hydrogens is 384 g/mol. The Hall–Kier alpha value is -2.70. The summed E-state index contributed by atoms with van der Waals surface area (Å²) in [5, 5.41) is 14.8. The number of likely N-dealkylation sites (N-methyl/N-ethyl adjacent to an activating group) is 1. The van der Waals surface area contributed by atoms with Crippen molar-refractivity contribution in [2.75, 3.05) is 40.3 Å². The van der Waals surface area contributed by atoms with Gasteiger partial charge in [0.05, 0.1) is 5.69 Å². The summed E-state index contributed by atoms with van der Waals surface area (Å²) in [6, 6.07) is 8.59. The van der Waals surface area contributed by atoms with Crippen LogP contribution in [-0.4, -0.2) is 61.6 Å². The van der Waals surface area contributed by atoms with E-state index in [1.54, 1.807) is 0 Å². The van der Waals surface area contributed by atoms with Crippen LogP contribution in [0.2, 0.25) is 0 Å². The third-order valence-corrected chi connectivity index (χ3v) is 5.70. The third-order valence-electron chi connectivity index (χ3n) is 5.70. The van der Waals surface area contributed by atoms with Crippen molar-refractivity contribution in [1.82, 2.24) is 25.7 Å². The molecule has 1 fully saturated rings. The molecule has 0 bridgehead atoms. The largest absolute Gasteiger partial charge is 0.369 e. The molecule has 0 atom stereocenters. The van der Waals surface area contributed by atoms with Gasteiger partial charge in [0.1, 0.15) is 5.82 Å². The molecule has 0 unspecified atom stereocenters. The van der Waals surface area contributed by atoms with Crippen LogP contribution >= 0.6 is 0 Å². The maximum absolute atomic E-state index is 4.75. The first kappa shape index (κ1) is 23.0. The summed E-state index contributed by atoms with van der Waals surface area (Å²) in [7, 11) is 4.10. The van der Waals surface area contributed by atoms with Gasteiger partial charge in [-0.3, -0.25) is 5.10 Å². The number of nitrogens with one attached hydrogen (secondary N) is 3. The number of rotatable bonds is 9. The van der Waals surface area contributed by atoms with Crippen LogP contribution in [0.1, 0.15) is 42.5 Å².